The lowest BCUT2D eigenvalue weighted by Crippen LogP contribution is -2.36. The SMILES string of the molecule is CCNC(=O)CNC(=O)c1csc(C(C)N)n1. The Kier molecular flexibility index (Phi) is 5.05. The van der Waals surface area contributed by atoms with Gasteiger partial charge in [0.1, 0.15) is 10.7 Å². The zero-order valence-corrected chi connectivity index (χ0v) is 10.6. The van der Waals surface area contributed by atoms with E-state index in [1.807, 2.05) is 6.92 Å². The maximum absolute atomic E-state index is 11.6. The van der Waals surface area contributed by atoms with Crippen molar-refractivity contribution in [2.75, 3.05) is 13.1 Å². The third kappa shape index (κ3) is 4.12. The minimum atomic E-state index is -0.362. The minimum Gasteiger partial charge on any atom is -0.355 e. The summed E-state index contributed by atoms with van der Waals surface area (Å²) in [5.41, 5.74) is 5.94. The second-order valence-electron chi connectivity index (χ2n) is 3.50. The molecule has 0 aliphatic rings. The van der Waals surface area contributed by atoms with Gasteiger partial charge in [0, 0.05) is 11.9 Å². The average Bonchev–Trinajstić information content (AvgIpc) is 2.75. The predicted octanol–water partition coefficient (Wildman–Crippen LogP) is 0.0287. The van der Waals surface area contributed by atoms with Crippen LogP contribution < -0.4 is 16.4 Å². The Morgan fingerprint density at radius 2 is 2.24 bits per heavy atom. The van der Waals surface area contributed by atoms with Crippen LogP contribution in [0.2, 0.25) is 0 Å². The summed E-state index contributed by atoms with van der Waals surface area (Å²) in [5, 5.41) is 7.41. The lowest BCUT2D eigenvalue weighted by molar-refractivity contribution is -0.120. The summed E-state index contributed by atoms with van der Waals surface area (Å²) in [6, 6.07) is -0.190. The van der Waals surface area contributed by atoms with Crippen molar-refractivity contribution >= 4 is 23.2 Å². The monoisotopic (exact) mass is 256 g/mol. The molecule has 1 heterocycles. The van der Waals surface area contributed by atoms with Crippen LogP contribution in [-0.4, -0.2) is 29.9 Å². The van der Waals surface area contributed by atoms with Gasteiger partial charge in [-0.3, -0.25) is 9.59 Å². The molecule has 2 amide bonds. The van der Waals surface area contributed by atoms with E-state index < -0.39 is 0 Å². The topological polar surface area (TPSA) is 97.1 Å². The van der Waals surface area contributed by atoms with Crippen molar-refractivity contribution in [3.8, 4) is 0 Å². The number of aromatic nitrogens is 1. The number of rotatable bonds is 5. The number of hydrogen-bond acceptors (Lipinski definition) is 5. The van der Waals surface area contributed by atoms with Gasteiger partial charge in [-0.05, 0) is 13.8 Å². The van der Waals surface area contributed by atoms with Gasteiger partial charge >= 0.3 is 0 Å². The molecular weight excluding hydrogens is 240 g/mol. The maximum atomic E-state index is 11.6. The van der Waals surface area contributed by atoms with Crippen LogP contribution >= 0.6 is 11.3 Å². The summed E-state index contributed by atoms with van der Waals surface area (Å²) in [6.45, 7) is 4.11. The molecule has 17 heavy (non-hydrogen) atoms. The molecule has 0 aliphatic heterocycles. The zero-order valence-electron chi connectivity index (χ0n) is 9.82. The van der Waals surface area contributed by atoms with E-state index in [1.165, 1.54) is 11.3 Å². The Morgan fingerprint density at radius 1 is 1.53 bits per heavy atom. The third-order valence-electron chi connectivity index (χ3n) is 1.93. The Hall–Kier alpha value is -1.47. The average molecular weight is 256 g/mol. The van der Waals surface area contributed by atoms with Gasteiger partial charge in [-0.15, -0.1) is 11.3 Å². The van der Waals surface area contributed by atoms with Crippen molar-refractivity contribution < 1.29 is 9.59 Å². The molecule has 6 nitrogen and oxygen atoms in total. The first kappa shape index (κ1) is 13.6. The molecule has 1 aromatic rings. The first-order chi connectivity index (χ1) is 8.04. The highest BCUT2D eigenvalue weighted by Crippen LogP contribution is 2.15. The Labute approximate surface area is 104 Å². The molecule has 0 saturated carbocycles. The smallest absolute Gasteiger partial charge is 0.271 e. The number of nitrogens with one attached hydrogen (secondary N) is 2. The Bertz CT molecular complexity index is 403. The van der Waals surface area contributed by atoms with Gasteiger partial charge in [-0.2, -0.15) is 0 Å². The number of nitrogens with two attached hydrogens (primary N) is 1. The van der Waals surface area contributed by atoms with Crippen molar-refractivity contribution in [3.05, 3.63) is 16.1 Å². The van der Waals surface area contributed by atoms with Crippen LogP contribution in [-0.2, 0) is 4.79 Å². The molecule has 1 atom stereocenters. The summed E-state index contributed by atoms with van der Waals surface area (Å²) in [6.07, 6.45) is 0. The molecule has 7 heteroatoms. The van der Waals surface area contributed by atoms with Gasteiger partial charge in [0.25, 0.3) is 5.91 Å². The summed E-state index contributed by atoms with van der Waals surface area (Å²) < 4.78 is 0. The largest absolute Gasteiger partial charge is 0.355 e. The number of amides is 2. The summed E-state index contributed by atoms with van der Waals surface area (Å²) in [7, 11) is 0. The number of nitrogens with zero attached hydrogens (tertiary/aromatic N) is 1. The van der Waals surface area contributed by atoms with E-state index in [-0.39, 0.29) is 24.4 Å². The molecule has 0 aliphatic carbocycles. The lowest BCUT2D eigenvalue weighted by Gasteiger charge is -2.03. The molecule has 0 fully saturated rings. The predicted molar refractivity (Wildman–Crippen MR) is 65.7 cm³/mol. The molecule has 0 spiro atoms. The minimum absolute atomic E-state index is 0.0439. The van der Waals surface area contributed by atoms with Crippen LogP contribution in [0.1, 0.15) is 35.4 Å². The normalized spacial score (nSPS) is 11.9. The highest BCUT2D eigenvalue weighted by molar-refractivity contribution is 7.09. The summed E-state index contributed by atoms with van der Waals surface area (Å²) in [5.74, 6) is -0.581. The van der Waals surface area contributed by atoms with Crippen LogP contribution in [0.5, 0.6) is 0 Å². The van der Waals surface area contributed by atoms with Crippen molar-refractivity contribution in [1.29, 1.82) is 0 Å². The van der Waals surface area contributed by atoms with Gasteiger partial charge in [0.2, 0.25) is 5.91 Å². The fourth-order valence-corrected chi connectivity index (χ4v) is 1.87. The molecule has 94 valence electrons. The second kappa shape index (κ2) is 6.31. The first-order valence-corrected chi connectivity index (χ1v) is 6.18. The van der Waals surface area contributed by atoms with Gasteiger partial charge in [0.15, 0.2) is 0 Å². The zero-order chi connectivity index (χ0) is 12.8. The van der Waals surface area contributed by atoms with E-state index in [1.54, 1.807) is 12.3 Å². The fourth-order valence-electron chi connectivity index (χ4n) is 1.11. The number of likely N-dealkylation sites (N-methyl/N-ethyl adjacent to an activating group) is 1. The summed E-state index contributed by atoms with van der Waals surface area (Å²) >= 11 is 1.33. The van der Waals surface area contributed by atoms with Crippen LogP contribution in [0.3, 0.4) is 0 Å². The third-order valence-corrected chi connectivity index (χ3v) is 2.97. The molecular formula is C10H16N4O2S. The van der Waals surface area contributed by atoms with Gasteiger partial charge < -0.3 is 16.4 Å². The number of carbonyl (C=O) groups is 2. The fraction of sp³-hybridized carbons (Fsp3) is 0.500. The molecule has 1 rings (SSSR count). The van der Waals surface area contributed by atoms with Crippen LogP contribution in [0, 0.1) is 0 Å². The van der Waals surface area contributed by atoms with Crippen LogP contribution in [0.4, 0.5) is 0 Å². The molecule has 0 bridgehead atoms. The van der Waals surface area contributed by atoms with Crippen LogP contribution in [0.15, 0.2) is 5.38 Å². The summed E-state index contributed by atoms with van der Waals surface area (Å²) in [4.78, 5) is 26.8. The highest BCUT2D eigenvalue weighted by Gasteiger charge is 2.13. The second-order valence-corrected chi connectivity index (χ2v) is 4.39. The van der Waals surface area contributed by atoms with E-state index in [2.05, 4.69) is 15.6 Å². The molecule has 4 N–H and O–H groups in total. The molecule has 1 unspecified atom stereocenters. The van der Waals surface area contributed by atoms with Gasteiger partial charge in [-0.25, -0.2) is 4.98 Å². The quantitative estimate of drug-likeness (QED) is 0.692. The van der Waals surface area contributed by atoms with E-state index in [4.69, 9.17) is 5.73 Å². The standard InChI is InChI=1S/C10H16N4O2S/c1-3-12-8(15)4-13-9(16)7-5-17-10(14-7)6(2)11/h5-6H,3-4,11H2,1-2H3,(H,12,15)(H,13,16). The maximum Gasteiger partial charge on any atom is 0.271 e. The Balaban J connectivity index is 2.49. The molecule has 0 aromatic carbocycles. The highest BCUT2D eigenvalue weighted by atomic mass is 32.1. The van der Waals surface area contributed by atoms with Gasteiger partial charge in [-0.1, -0.05) is 0 Å². The number of carbonyl (C=O) groups excluding carboxylic acids is 2. The molecule has 0 saturated heterocycles. The molecule has 0 radical (unpaired) electrons. The van der Waals surface area contributed by atoms with Crippen molar-refractivity contribution in [3.63, 3.8) is 0 Å². The number of hydrogen-bond donors (Lipinski definition) is 3. The molecule has 1 aromatic heterocycles. The van der Waals surface area contributed by atoms with E-state index in [9.17, 15) is 9.59 Å². The van der Waals surface area contributed by atoms with Gasteiger partial charge in [0.05, 0.1) is 12.6 Å². The van der Waals surface area contributed by atoms with E-state index >= 15 is 0 Å². The van der Waals surface area contributed by atoms with E-state index in [0.717, 1.165) is 0 Å². The van der Waals surface area contributed by atoms with Crippen molar-refractivity contribution in [1.82, 2.24) is 15.6 Å². The number of thiazole rings is 1. The first-order valence-electron chi connectivity index (χ1n) is 5.30. The Morgan fingerprint density at radius 3 is 2.76 bits per heavy atom. The van der Waals surface area contributed by atoms with Crippen molar-refractivity contribution in [2.45, 2.75) is 19.9 Å². The van der Waals surface area contributed by atoms with E-state index in [0.29, 0.717) is 17.2 Å². The van der Waals surface area contributed by atoms with Crippen LogP contribution in [0.25, 0.3) is 0 Å². The van der Waals surface area contributed by atoms with Crippen molar-refractivity contribution in [2.24, 2.45) is 5.73 Å². The lowest BCUT2D eigenvalue weighted by atomic mass is 10.4.